The number of aromatic nitrogens is 2. The van der Waals surface area contributed by atoms with Crippen molar-refractivity contribution in [3.63, 3.8) is 0 Å². The van der Waals surface area contributed by atoms with Crippen LogP contribution in [0.1, 0.15) is 55.4 Å². The van der Waals surface area contributed by atoms with Crippen LogP contribution in [0.3, 0.4) is 0 Å². The van der Waals surface area contributed by atoms with Gasteiger partial charge >= 0.3 is 0 Å². The van der Waals surface area contributed by atoms with E-state index < -0.39 is 0 Å². The maximum absolute atomic E-state index is 11.8. The highest BCUT2D eigenvalue weighted by Crippen LogP contribution is 2.21. The average Bonchev–Trinajstić information content (AvgIpc) is 3.25. The fourth-order valence-electron chi connectivity index (χ4n) is 2.46. The molecule has 2 fully saturated rings. The number of amides is 1. The van der Waals surface area contributed by atoms with Crippen LogP contribution in [-0.2, 0) is 0 Å². The van der Waals surface area contributed by atoms with E-state index in [1.54, 1.807) is 12.4 Å². The summed E-state index contributed by atoms with van der Waals surface area (Å²) in [5, 5.41) is 6.30. The second-order valence-electron chi connectivity index (χ2n) is 5.51. The number of hydrogen-bond acceptors (Lipinski definition) is 4. The smallest absolute Gasteiger partial charge is 0.271 e. The lowest BCUT2D eigenvalue weighted by molar-refractivity contribution is 0.0945. The van der Waals surface area contributed by atoms with E-state index in [9.17, 15) is 4.79 Å². The van der Waals surface area contributed by atoms with E-state index in [-0.39, 0.29) is 5.91 Å². The van der Waals surface area contributed by atoms with E-state index in [4.69, 9.17) is 0 Å². The molecule has 0 saturated heterocycles. The summed E-state index contributed by atoms with van der Waals surface area (Å²) in [6, 6.07) is 0.864. The fourth-order valence-corrected chi connectivity index (χ4v) is 2.46. The first-order chi connectivity index (χ1) is 9.31. The van der Waals surface area contributed by atoms with Crippen LogP contribution in [-0.4, -0.2) is 28.0 Å². The van der Waals surface area contributed by atoms with Crippen molar-refractivity contribution in [3.05, 3.63) is 18.1 Å². The summed E-state index contributed by atoms with van der Waals surface area (Å²) in [6.45, 7) is 0. The first-order valence-corrected chi connectivity index (χ1v) is 7.21. The molecule has 1 aromatic heterocycles. The molecule has 1 amide bonds. The minimum Gasteiger partial charge on any atom is -0.366 e. The third-order valence-corrected chi connectivity index (χ3v) is 3.75. The Morgan fingerprint density at radius 3 is 2.42 bits per heavy atom. The molecule has 0 spiro atoms. The third-order valence-electron chi connectivity index (χ3n) is 3.75. The van der Waals surface area contributed by atoms with E-state index in [0.29, 0.717) is 17.8 Å². The van der Waals surface area contributed by atoms with Crippen molar-refractivity contribution in [1.82, 2.24) is 15.3 Å². The highest BCUT2D eigenvalue weighted by molar-refractivity contribution is 5.92. The summed E-state index contributed by atoms with van der Waals surface area (Å²) in [4.78, 5) is 20.2. The molecule has 0 unspecified atom stereocenters. The number of nitrogens with zero attached hydrogens (tertiary/aromatic N) is 2. The maximum Gasteiger partial charge on any atom is 0.271 e. The Balaban J connectivity index is 1.56. The molecule has 1 heterocycles. The van der Waals surface area contributed by atoms with E-state index in [2.05, 4.69) is 20.6 Å². The largest absolute Gasteiger partial charge is 0.366 e. The van der Waals surface area contributed by atoms with Gasteiger partial charge in [-0.1, -0.05) is 19.3 Å². The minimum atomic E-state index is -0.112. The Hall–Kier alpha value is -1.65. The monoisotopic (exact) mass is 260 g/mol. The van der Waals surface area contributed by atoms with Gasteiger partial charge in [0.1, 0.15) is 11.5 Å². The first-order valence-electron chi connectivity index (χ1n) is 7.21. The van der Waals surface area contributed by atoms with Crippen LogP contribution in [0.5, 0.6) is 0 Å². The molecule has 5 heteroatoms. The molecule has 0 aromatic carbocycles. The van der Waals surface area contributed by atoms with Gasteiger partial charge in [0.15, 0.2) is 0 Å². The molecule has 0 radical (unpaired) electrons. The lowest BCUT2D eigenvalue weighted by Gasteiger charge is -2.23. The van der Waals surface area contributed by atoms with E-state index in [1.165, 1.54) is 32.1 Å². The molecule has 2 aliphatic carbocycles. The zero-order valence-electron chi connectivity index (χ0n) is 11.1. The Morgan fingerprint density at radius 1 is 1.00 bits per heavy atom. The van der Waals surface area contributed by atoms with Crippen LogP contribution in [0.2, 0.25) is 0 Å². The van der Waals surface area contributed by atoms with Crippen molar-refractivity contribution in [2.45, 2.75) is 57.0 Å². The van der Waals surface area contributed by atoms with Crippen LogP contribution in [0.25, 0.3) is 0 Å². The van der Waals surface area contributed by atoms with Crippen LogP contribution >= 0.6 is 0 Å². The van der Waals surface area contributed by atoms with Gasteiger partial charge in [-0.2, -0.15) is 0 Å². The van der Waals surface area contributed by atoms with Crippen LogP contribution in [0, 0.1) is 0 Å². The predicted octanol–water partition coefficient (Wildman–Crippen LogP) is 2.11. The number of carbonyl (C=O) groups excluding carboxylic acids is 1. The maximum atomic E-state index is 11.8. The van der Waals surface area contributed by atoms with Crippen LogP contribution < -0.4 is 10.6 Å². The average molecular weight is 260 g/mol. The summed E-state index contributed by atoms with van der Waals surface area (Å²) in [5.74, 6) is 0.661. The number of nitrogens with one attached hydrogen (secondary N) is 2. The van der Waals surface area contributed by atoms with Crippen molar-refractivity contribution >= 4 is 11.7 Å². The van der Waals surface area contributed by atoms with E-state index in [1.807, 2.05) is 0 Å². The minimum absolute atomic E-state index is 0.112. The van der Waals surface area contributed by atoms with E-state index in [0.717, 1.165) is 18.7 Å². The van der Waals surface area contributed by atoms with E-state index >= 15 is 0 Å². The van der Waals surface area contributed by atoms with Gasteiger partial charge in [0, 0.05) is 12.1 Å². The predicted molar refractivity (Wildman–Crippen MR) is 73.0 cm³/mol. The first kappa shape index (κ1) is 12.4. The molecule has 2 saturated carbocycles. The standard InChI is InChI=1S/C14H20N4O/c19-14(18-11-6-7-11)12-8-16-13(9-15-12)17-10-4-2-1-3-5-10/h8-11H,1-7H2,(H,16,17)(H,18,19). The van der Waals surface area contributed by atoms with Gasteiger partial charge in [0.2, 0.25) is 0 Å². The zero-order chi connectivity index (χ0) is 13.1. The molecular formula is C14H20N4O. The summed E-state index contributed by atoms with van der Waals surface area (Å²) >= 11 is 0. The van der Waals surface area contributed by atoms with Gasteiger partial charge in [0.05, 0.1) is 12.4 Å². The Kier molecular flexibility index (Phi) is 3.62. The highest BCUT2D eigenvalue weighted by Gasteiger charge is 2.24. The van der Waals surface area contributed by atoms with Crippen molar-refractivity contribution in [2.24, 2.45) is 0 Å². The second-order valence-corrected chi connectivity index (χ2v) is 5.51. The Morgan fingerprint density at radius 2 is 1.79 bits per heavy atom. The normalized spacial score (nSPS) is 20.0. The lowest BCUT2D eigenvalue weighted by Crippen LogP contribution is -2.27. The summed E-state index contributed by atoms with van der Waals surface area (Å²) in [7, 11) is 0. The molecular weight excluding hydrogens is 240 g/mol. The summed E-state index contributed by atoms with van der Waals surface area (Å²) < 4.78 is 0. The van der Waals surface area contributed by atoms with Gasteiger partial charge in [-0.15, -0.1) is 0 Å². The van der Waals surface area contributed by atoms with Crippen molar-refractivity contribution in [2.75, 3.05) is 5.32 Å². The summed E-state index contributed by atoms with van der Waals surface area (Å²) in [6.07, 6.45) is 11.7. The molecule has 5 nitrogen and oxygen atoms in total. The Bertz CT molecular complexity index is 435. The highest BCUT2D eigenvalue weighted by atomic mass is 16.2. The number of rotatable bonds is 4. The number of hydrogen-bond donors (Lipinski definition) is 2. The molecule has 2 N–H and O–H groups in total. The molecule has 0 bridgehead atoms. The Labute approximate surface area is 113 Å². The summed E-state index contributed by atoms with van der Waals surface area (Å²) in [5.41, 5.74) is 0.404. The van der Waals surface area contributed by atoms with Gasteiger partial charge in [-0.25, -0.2) is 9.97 Å². The molecule has 0 aliphatic heterocycles. The molecule has 102 valence electrons. The fraction of sp³-hybridized carbons (Fsp3) is 0.643. The number of carbonyl (C=O) groups is 1. The third kappa shape index (κ3) is 3.43. The second kappa shape index (κ2) is 5.55. The van der Waals surface area contributed by atoms with Gasteiger partial charge in [-0.05, 0) is 25.7 Å². The van der Waals surface area contributed by atoms with Crippen molar-refractivity contribution in [1.29, 1.82) is 0 Å². The van der Waals surface area contributed by atoms with Crippen molar-refractivity contribution < 1.29 is 4.79 Å². The van der Waals surface area contributed by atoms with Crippen LogP contribution in [0.4, 0.5) is 5.82 Å². The topological polar surface area (TPSA) is 66.9 Å². The number of anilines is 1. The SMILES string of the molecule is O=C(NC1CC1)c1cnc(NC2CCCCC2)cn1. The van der Waals surface area contributed by atoms with Crippen molar-refractivity contribution in [3.8, 4) is 0 Å². The molecule has 2 aliphatic rings. The van der Waals surface area contributed by atoms with Crippen LogP contribution in [0.15, 0.2) is 12.4 Å². The zero-order valence-corrected chi connectivity index (χ0v) is 11.1. The molecule has 19 heavy (non-hydrogen) atoms. The molecule has 0 atom stereocenters. The lowest BCUT2D eigenvalue weighted by atomic mass is 9.96. The molecule has 1 aromatic rings. The quantitative estimate of drug-likeness (QED) is 0.870. The van der Waals surface area contributed by atoms with Gasteiger partial charge < -0.3 is 10.6 Å². The van der Waals surface area contributed by atoms with Gasteiger partial charge in [-0.3, -0.25) is 4.79 Å². The van der Waals surface area contributed by atoms with Gasteiger partial charge in [0.25, 0.3) is 5.91 Å². The molecule has 3 rings (SSSR count).